The molecule has 152 valence electrons. The molecule has 0 spiro atoms. The van der Waals surface area contributed by atoms with E-state index in [1.54, 1.807) is 11.5 Å². The predicted molar refractivity (Wildman–Crippen MR) is 120 cm³/mol. The van der Waals surface area contributed by atoms with Crippen LogP contribution in [0.5, 0.6) is 0 Å². The molecule has 0 radical (unpaired) electrons. The van der Waals surface area contributed by atoms with Crippen LogP contribution in [-0.4, -0.2) is 17.1 Å². The molecule has 0 fully saturated rings. The number of thiophene rings is 1. The van der Waals surface area contributed by atoms with Crippen molar-refractivity contribution in [2.75, 3.05) is 6.61 Å². The van der Waals surface area contributed by atoms with Crippen LogP contribution in [0.3, 0.4) is 0 Å². The molecule has 1 atom stereocenters. The summed E-state index contributed by atoms with van der Waals surface area (Å²) in [5.41, 5.74) is 2.88. The van der Waals surface area contributed by atoms with Crippen molar-refractivity contribution in [3.05, 3.63) is 101 Å². The summed E-state index contributed by atoms with van der Waals surface area (Å²) in [5.74, 6) is -0.484. The molecule has 0 saturated carbocycles. The SMILES string of the molecule is C=CCOC(=O)C1=C(C)N=c2sc(=Cc3ccc(C)cc3)c(=O)n2C1c1cccs1. The van der Waals surface area contributed by atoms with Gasteiger partial charge in [-0.2, -0.15) is 0 Å². The molecule has 0 saturated heterocycles. The molecule has 3 aromatic rings. The second-order valence-electron chi connectivity index (χ2n) is 6.90. The molecule has 1 unspecified atom stereocenters. The zero-order valence-corrected chi connectivity index (χ0v) is 18.3. The first-order chi connectivity index (χ1) is 14.5. The molecule has 3 heterocycles. The van der Waals surface area contributed by atoms with Gasteiger partial charge in [0.2, 0.25) is 0 Å². The van der Waals surface area contributed by atoms with Crippen molar-refractivity contribution in [2.24, 2.45) is 4.99 Å². The fourth-order valence-corrected chi connectivity index (χ4v) is 5.20. The highest BCUT2D eigenvalue weighted by Gasteiger charge is 2.33. The first-order valence-electron chi connectivity index (χ1n) is 9.40. The van der Waals surface area contributed by atoms with Gasteiger partial charge in [0, 0.05) is 4.88 Å². The number of ether oxygens (including phenoxy) is 1. The fourth-order valence-electron chi connectivity index (χ4n) is 3.33. The van der Waals surface area contributed by atoms with Gasteiger partial charge < -0.3 is 4.74 Å². The van der Waals surface area contributed by atoms with E-state index in [0.29, 0.717) is 20.6 Å². The third-order valence-electron chi connectivity index (χ3n) is 4.76. The average molecular weight is 437 g/mol. The second kappa shape index (κ2) is 8.38. The van der Waals surface area contributed by atoms with Gasteiger partial charge in [-0.1, -0.05) is 59.9 Å². The third-order valence-corrected chi connectivity index (χ3v) is 6.67. The summed E-state index contributed by atoms with van der Waals surface area (Å²) in [6.07, 6.45) is 3.38. The molecular formula is C23H20N2O3S2. The molecule has 7 heteroatoms. The molecule has 1 aliphatic rings. The van der Waals surface area contributed by atoms with Gasteiger partial charge in [-0.05, 0) is 36.9 Å². The maximum atomic E-state index is 13.4. The lowest BCUT2D eigenvalue weighted by atomic mass is 10.0. The van der Waals surface area contributed by atoms with Crippen molar-refractivity contribution >= 4 is 34.7 Å². The summed E-state index contributed by atoms with van der Waals surface area (Å²) in [6, 6.07) is 11.3. The maximum absolute atomic E-state index is 13.4. The minimum atomic E-state index is -0.557. The number of carbonyl (C=O) groups is 1. The van der Waals surface area contributed by atoms with Crippen molar-refractivity contribution < 1.29 is 9.53 Å². The Kier molecular flexibility index (Phi) is 5.65. The van der Waals surface area contributed by atoms with Gasteiger partial charge in [0.1, 0.15) is 12.6 Å². The van der Waals surface area contributed by atoms with Gasteiger partial charge in [0.05, 0.1) is 15.8 Å². The van der Waals surface area contributed by atoms with Gasteiger partial charge >= 0.3 is 5.97 Å². The first-order valence-corrected chi connectivity index (χ1v) is 11.1. The number of aryl methyl sites for hydroxylation is 1. The fraction of sp³-hybridized carbons (Fsp3) is 0.174. The van der Waals surface area contributed by atoms with Crippen molar-refractivity contribution in [1.29, 1.82) is 0 Å². The Morgan fingerprint density at radius 1 is 1.27 bits per heavy atom. The lowest BCUT2D eigenvalue weighted by Gasteiger charge is -2.23. The maximum Gasteiger partial charge on any atom is 0.338 e. The number of rotatable bonds is 5. The van der Waals surface area contributed by atoms with Gasteiger partial charge in [-0.3, -0.25) is 9.36 Å². The van der Waals surface area contributed by atoms with Crippen molar-refractivity contribution in [3.63, 3.8) is 0 Å². The molecular weight excluding hydrogens is 416 g/mol. The number of allylic oxidation sites excluding steroid dienone is 1. The minimum Gasteiger partial charge on any atom is -0.458 e. The van der Waals surface area contributed by atoms with Crippen molar-refractivity contribution in [2.45, 2.75) is 19.9 Å². The third kappa shape index (κ3) is 3.74. The summed E-state index contributed by atoms with van der Waals surface area (Å²) < 4.78 is 7.49. The number of esters is 1. The topological polar surface area (TPSA) is 60.7 Å². The van der Waals surface area contributed by atoms with Crippen LogP contribution in [0.2, 0.25) is 0 Å². The number of thiazole rings is 1. The lowest BCUT2D eigenvalue weighted by molar-refractivity contribution is -0.138. The number of hydrogen-bond donors (Lipinski definition) is 0. The van der Waals surface area contributed by atoms with Crippen molar-refractivity contribution in [3.8, 4) is 0 Å². The van der Waals surface area contributed by atoms with Crippen LogP contribution < -0.4 is 14.9 Å². The zero-order valence-electron chi connectivity index (χ0n) is 16.6. The molecule has 4 rings (SSSR count). The smallest absolute Gasteiger partial charge is 0.338 e. The number of benzene rings is 1. The van der Waals surface area contributed by atoms with E-state index >= 15 is 0 Å². The number of aromatic nitrogens is 1. The molecule has 1 aromatic carbocycles. The largest absolute Gasteiger partial charge is 0.458 e. The standard InChI is InChI=1S/C23H20N2O3S2/c1-4-11-28-22(27)19-15(3)24-23-25(20(19)17-6-5-12-29-17)21(26)18(30-23)13-16-9-7-14(2)8-10-16/h4-10,12-13,20H,1,11H2,2-3H3. The highest BCUT2D eigenvalue weighted by Crippen LogP contribution is 2.33. The summed E-state index contributed by atoms with van der Waals surface area (Å²) in [7, 11) is 0. The number of hydrogen-bond acceptors (Lipinski definition) is 6. The van der Waals surface area contributed by atoms with E-state index in [1.807, 2.05) is 54.8 Å². The Balaban J connectivity index is 1.90. The molecule has 0 bridgehead atoms. The molecule has 5 nitrogen and oxygen atoms in total. The minimum absolute atomic E-state index is 0.102. The molecule has 0 amide bonds. The Hall–Kier alpha value is -3.03. The van der Waals surface area contributed by atoms with E-state index in [9.17, 15) is 9.59 Å². The summed E-state index contributed by atoms with van der Waals surface area (Å²) in [5, 5.41) is 1.93. The highest BCUT2D eigenvalue weighted by molar-refractivity contribution is 7.10. The molecule has 30 heavy (non-hydrogen) atoms. The number of fused-ring (bicyclic) bond motifs is 1. The Labute approximate surface area is 181 Å². The molecule has 0 aliphatic carbocycles. The molecule has 2 aromatic heterocycles. The van der Waals surface area contributed by atoms with E-state index in [4.69, 9.17) is 4.74 Å². The zero-order chi connectivity index (χ0) is 21.3. The van der Waals surface area contributed by atoms with E-state index in [2.05, 4.69) is 11.6 Å². The highest BCUT2D eigenvalue weighted by atomic mass is 32.1. The van der Waals surface area contributed by atoms with Gasteiger partial charge in [-0.25, -0.2) is 9.79 Å². The Morgan fingerprint density at radius 2 is 2.03 bits per heavy atom. The second-order valence-corrected chi connectivity index (χ2v) is 8.88. The first kappa shape index (κ1) is 20.3. The lowest BCUT2D eigenvalue weighted by Crippen LogP contribution is -2.39. The van der Waals surface area contributed by atoms with Crippen LogP contribution >= 0.6 is 22.7 Å². The van der Waals surface area contributed by atoms with E-state index in [1.165, 1.54) is 28.7 Å². The number of carbonyl (C=O) groups excluding carboxylic acids is 1. The molecule has 1 aliphatic heterocycles. The predicted octanol–water partition coefficient (Wildman–Crippen LogP) is 3.33. The summed E-state index contributed by atoms with van der Waals surface area (Å²) in [6.45, 7) is 7.50. The van der Waals surface area contributed by atoms with E-state index in [0.717, 1.165) is 16.0 Å². The van der Waals surface area contributed by atoms with Crippen LogP contribution in [0.1, 0.15) is 29.0 Å². The quantitative estimate of drug-likeness (QED) is 0.455. The van der Waals surface area contributed by atoms with Crippen LogP contribution in [0.15, 0.2) is 75.5 Å². The van der Waals surface area contributed by atoms with Crippen LogP contribution in [-0.2, 0) is 9.53 Å². The average Bonchev–Trinajstić information content (AvgIpc) is 3.36. The summed E-state index contributed by atoms with van der Waals surface area (Å²) in [4.78, 5) is 32.2. The van der Waals surface area contributed by atoms with Crippen LogP contribution in [0, 0.1) is 6.92 Å². The molecule has 0 N–H and O–H groups in total. The van der Waals surface area contributed by atoms with Crippen LogP contribution in [0.25, 0.3) is 6.08 Å². The Morgan fingerprint density at radius 3 is 2.70 bits per heavy atom. The van der Waals surface area contributed by atoms with Gasteiger partial charge in [0.25, 0.3) is 5.56 Å². The summed E-state index contributed by atoms with van der Waals surface area (Å²) >= 11 is 2.82. The van der Waals surface area contributed by atoms with Crippen LogP contribution in [0.4, 0.5) is 0 Å². The normalized spacial score (nSPS) is 16.2. The van der Waals surface area contributed by atoms with Crippen molar-refractivity contribution in [1.82, 2.24) is 4.57 Å². The van der Waals surface area contributed by atoms with Gasteiger partial charge in [0.15, 0.2) is 4.80 Å². The van der Waals surface area contributed by atoms with Gasteiger partial charge in [-0.15, -0.1) is 11.3 Å². The number of nitrogens with zero attached hydrogens (tertiary/aromatic N) is 2. The Bertz CT molecular complexity index is 1310. The van der Waals surface area contributed by atoms with E-state index < -0.39 is 12.0 Å². The monoisotopic (exact) mass is 436 g/mol. The van der Waals surface area contributed by atoms with E-state index in [-0.39, 0.29) is 12.2 Å².